The molecule has 15 nitrogen and oxygen atoms in total. The zero-order chi connectivity index (χ0) is 51.7. The van der Waals surface area contributed by atoms with Crippen molar-refractivity contribution in [1.82, 2.24) is 4.90 Å². The van der Waals surface area contributed by atoms with Crippen LogP contribution in [0.15, 0.2) is 35.5 Å². The number of ketones is 2. The summed E-state index contributed by atoms with van der Waals surface area (Å²) in [5.41, 5.74) is 1.50. The van der Waals surface area contributed by atoms with Crippen LogP contribution >= 0.6 is 0 Å². The van der Waals surface area contributed by atoms with Crippen molar-refractivity contribution in [3.63, 3.8) is 0 Å². The summed E-state index contributed by atoms with van der Waals surface area (Å²) in [5.74, 6) is -8.17. The van der Waals surface area contributed by atoms with E-state index in [4.69, 9.17) is 28.4 Å². The van der Waals surface area contributed by atoms with Gasteiger partial charge in [-0.3, -0.25) is 14.4 Å². The molecule has 1 aliphatic carbocycles. The molecular formula is C55H89NO14. The molecule has 0 unspecified atom stereocenters. The fourth-order valence-corrected chi connectivity index (χ4v) is 11.0. The fraction of sp³-hybridized carbons (Fsp3) is 0.800. The minimum atomic E-state index is -2.55. The molecule has 1 amide bonds. The molecule has 3 fully saturated rings. The Morgan fingerprint density at radius 3 is 2.23 bits per heavy atom. The van der Waals surface area contributed by atoms with Gasteiger partial charge in [-0.25, -0.2) is 9.59 Å². The van der Waals surface area contributed by atoms with Crippen molar-refractivity contribution < 1.29 is 67.7 Å². The summed E-state index contributed by atoms with van der Waals surface area (Å²) in [6, 6.07) is -1.18. The van der Waals surface area contributed by atoms with Crippen LogP contribution in [0.25, 0.3) is 0 Å². The summed E-state index contributed by atoms with van der Waals surface area (Å²) >= 11 is 0. The van der Waals surface area contributed by atoms with Gasteiger partial charge in [0, 0.05) is 58.1 Å². The van der Waals surface area contributed by atoms with Crippen molar-refractivity contribution in [3.8, 4) is 0 Å². The van der Waals surface area contributed by atoms with Gasteiger partial charge in [0.15, 0.2) is 0 Å². The van der Waals surface area contributed by atoms with Gasteiger partial charge in [-0.15, -0.1) is 0 Å². The van der Waals surface area contributed by atoms with Gasteiger partial charge >= 0.3 is 11.9 Å². The Kier molecular flexibility index (Phi) is 24.4. The van der Waals surface area contributed by atoms with Crippen molar-refractivity contribution in [2.24, 2.45) is 35.5 Å². The van der Waals surface area contributed by atoms with Crippen LogP contribution in [-0.2, 0) is 52.4 Å². The smallest absolute Gasteiger partial charge is 0.330 e. The second kappa shape index (κ2) is 28.8. The number of amides is 1. The highest BCUT2D eigenvalue weighted by molar-refractivity contribution is 6.39. The number of aliphatic hydroxyl groups is 3. The third kappa shape index (κ3) is 16.9. The number of hydrogen-bond acceptors (Lipinski definition) is 14. The Morgan fingerprint density at radius 2 is 1.54 bits per heavy atom. The lowest BCUT2D eigenvalue weighted by Gasteiger charge is -2.47. The highest BCUT2D eigenvalue weighted by atomic mass is 16.7. The second-order valence-corrected chi connectivity index (χ2v) is 21.5. The second-order valence-electron chi connectivity index (χ2n) is 21.5. The topological polar surface area (TPSA) is 205 Å². The molecule has 2 bridgehead atoms. The Balaban J connectivity index is 1.69. The molecule has 398 valence electrons. The number of piperidine rings is 1. The third-order valence-corrected chi connectivity index (χ3v) is 15.3. The van der Waals surface area contributed by atoms with Crippen molar-refractivity contribution in [3.05, 3.63) is 35.5 Å². The van der Waals surface area contributed by atoms with E-state index in [1.54, 1.807) is 34.0 Å². The molecule has 0 aromatic heterocycles. The number of hydrogen-bond donors (Lipinski definition) is 3. The summed E-state index contributed by atoms with van der Waals surface area (Å²) in [4.78, 5) is 71.7. The van der Waals surface area contributed by atoms with E-state index in [9.17, 15) is 39.3 Å². The first-order valence-electron chi connectivity index (χ1n) is 26.4. The summed E-state index contributed by atoms with van der Waals surface area (Å²) in [7, 11) is 4.58. The van der Waals surface area contributed by atoms with E-state index in [2.05, 4.69) is 13.8 Å². The highest BCUT2D eigenvalue weighted by Gasteiger charge is 2.56. The van der Waals surface area contributed by atoms with Crippen LogP contribution in [0.4, 0.5) is 0 Å². The summed E-state index contributed by atoms with van der Waals surface area (Å²) in [6.07, 6.45) is 11.6. The predicted molar refractivity (Wildman–Crippen MR) is 265 cm³/mol. The lowest BCUT2D eigenvalue weighted by Crippen LogP contribution is -2.64. The zero-order valence-corrected chi connectivity index (χ0v) is 44.1. The van der Waals surface area contributed by atoms with Gasteiger partial charge in [0.1, 0.15) is 24.0 Å². The number of allylic oxidation sites excluding steroid dienone is 4. The molecular weight excluding hydrogens is 899 g/mol. The van der Waals surface area contributed by atoms with Gasteiger partial charge in [-0.1, -0.05) is 90.5 Å². The Hall–Kier alpha value is -3.31. The maximum Gasteiger partial charge on any atom is 0.330 e. The molecule has 15 heteroatoms. The van der Waals surface area contributed by atoms with Gasteiger partial charge in [-0.2, -0.15) is 0 Å². The lowest BCUT2D eigenvalue weighted by molar-refractivity contribution is -0.302. The number of cyclic esters (lactones) is 1. The van der Waals surface area contributed by atoms with Crippen LogP contribution in [0.5, 0.6) is 0 Å². The highest BCUT2D eigenvalue weighted by Crippen LogP contribution is 2.39. The number of ether oxygens (including phenoxy) is 6. The van der Waals surface area contributed by atoms with E-state index in [1.165, 1.54) is 38.0 Å². The SMILES string of the molecule is CO[C@H]1C[C@@H](C)C/C(C)=C/[C@@H](C/C=C/C(=O)OCCCCCCCC(C)C)C(=O)C[C@H](O)[C@@H](C)[C@@H](/C(C)=C/[C@@H]2CC[C@@H](O)[C@H](OC)C2)OC(=O)[C@@H]2CCCCN2C(=O)C(=O)[C@]2(O)O[C@H]1[C@@H](OC)C[C@H]2C. The number of nitrogens with zero attached hydrogens (tertiary/aromatic N) is 1. The average molecular weight is 988 g/mol. The molecule has 3 N–H and O–H groups in total. The van der Waals surface area contributed by atoms with Gasteiger partial charge < -0.3 is 48.6 Å². The van der Waals surface area contributed by atoms with E-state index in [1.807, 2.05) is 26.0 Å². The van der Waals surface area contributed by atoms with E-state index >= 15 is 0 Å². The van der Waals surface area contributed by atoms with Gasteiger partial charge in [-0.05, 0) is 108 Å². The zero-order valence-electron chi connectivity index (χ0n) is 44.1. The van der Waals surface area contributed by atoms with Crippen molar-refractivity contribution in [1.29, 1.82) is 0 Å². The monoisotopic (exact) mass is 988 g/mol. The number of aliphatic hydroxyl groups excluding tert-OH is 2. The number of Topliss-reactive ketones (excluding diaryl/α,β-unsaturated/α-hetero) is 2. The van der Waals surface area contributed by atoms with Crippen LogP contribution in [-0.4, -0.2) is 139 Å². The molecule has 1 saturated carbocycles. The van der Waals surface area contributed by atoms with Crippen LogP contribution < -0.4 is 0 Å². The number of unbranched alkanes of at least 4 members (excludes halogenated alkanes) is 4. The maximum absolute atomic E-state index is 14.5. The molecule has 3 aliphatic heterocycles. The molecule has 4 rings (SSSR count). The van der Waals surface area contributed by atoms with Crippen molar-refractivity contribution >= 4 is 29.4 Å². The lowest BCUT2D eigenvalue weighted by atomic mass is 9.81. The first kappa shape index (κ1) is 59.3. The van der Waals surface area contributed by atoms with Crippen LogP contribution in [0.2, 0.25) is 0 Å². The van der Waals surface area contributed by atoms with E-state index in [0.717, 1.165) is 31.3 Å². The first-order valence-corrected chi connectivity index (χ1v) is 26.4. The standard InChI is InChI=1S/C55H89NO14/c1-34(2)19-14-12-11-13-17-26-68-49(60)22-18-20-41-28-35(3)27-36(4)29-47(66-9)51-48(67-10)31-38(6)55(64,70-51)52(61)53(62)56-25-16-15-21-42(56)54(63)69-50(39(7)44(58)33-45(41)59)37(5)30-40-23-24-43(57)46(32-40)65-8/h18,22,28,30,34,36,38-44,46-48,50-51,57-58,64H,11-17,19-21,23-27,29,31-33H2,1-10H3/b22-18+,35-28+,37-30+/t36-,38+,39+,40-,41+,42-,43+,44-,46+,47-,48-,50+,51+,55+/m0/s1. The number of methoxy groups -OCH3 is 3. The molecule has 14 atom stereocenters. The summed E-state index contributed by atoms with van der Waals surface area (Å²) < 4.78 is 35.5. The average Bonchev–Trinajstić information content (AvgIpc) is 3.32. The van der Waals surface area contributed by atoms with E-state index in [-0.39, 0.29) is 49.8 Å². The van der Waals surface area contributed by atoms with E-state index in [0.29, 0.717) is 63.0 Å². The summed E-state index contributed by atoms with van der Waals surface area (Å²) in [5, 5.41) is 34.7. The fourth-order valence-electron chi connectivity index (χ4n) is 11.0. The van der Waals surface area contributed by atoms with E-state index < -0.39 is 95.9 Å². The molecule has 2 saturated heterocycles. The minimum absolute atomic E-state index is 0.0519. The minimum Gasteiger partial charge on any atom is -0.463 e. The molecule has 70 heavy (non-hydrogen) atoms. The molecule has 3 heterocycles. The maximum atomic E-state index is 14.5. The Morgan fingerprint density at radius 1 is 0.871 bits per heavy atom. The normalized spacial score (nSPS) is 35.7. The molecule has 0 aromatic carbocycles. The number of esters is 2. The molecule has 0 aromatic rings. The van der Waals surface area contributed by atoms with Crippen molar-refractivity contribution in [2.45, 2.75) is 212 Å². The van der Waals surface area contributed by atoms with Crippen molar-refractivity contribution in [2.75, 3.05) is 34.5 Å². The Bertz CT molecular complexity index is 1790. The van der Waals surface area contributed by atoms with Gasteiger partial charge in [0.05, 0.1) is 37.1 Å². The number of rotatable bonds is 16. The first-order chi connectivity index (χ1) is 33.2. The molecule has 4 aliphatic rings. The predicted octanol–water partition coefficient (Wildman–Crippen LogP) is 7.55. The van der Waals surface area contributed by atoms with Crippen LogP contribution in [0, 0.1) is 35.5 Å². The molecule has 0 radical (unpaired) electrons. The number of carbonyl (C=O) groups is 5. The summed E-state index contributed by atoms with van der Waals surface area (Å²) in [6.45, 7) is 13.9. The largest absolute Gasteiger partial charge is 0.463 e. The number of carbonyl (C=O) groups excluding carboxylic acids is 5. The Labute approximate surface area is 418 Å². The quantitative estimate of drug-likeness (QED) is 0.0449. The van der Waals surface area contributed by atoms with Crippen LogP contribution in [0.3, 0.4) is 0 Å². The third-order valence-electron chi connectivity index (χ3n) is 15.3. The number of fused-ring (bicyclic) bond motifs is 3. The van der Waals surface area contributed by atoms with Gasteiger partial charge in [0.2, 0.25) is 5.79 Å². The molecule has 0 spiro atoms. The van der Waals surface area contributed by atoms with Gasteiger partial charge in [0.25, 0.3) is 11.7 Å². The van der Waals surface area contributed by atoms with Crippen LogP contribution in [0.1, 0.15) is 158 Å².